The molecule has 0 saturated carbocycles. The number of hydrogen-bond donors (Lipinski definition) is 3. The zero-order valence-electron chi connectivity index (χ0n) is 11.2. The molecule has 7 heteroatoms. The van der Waals surface area contributed by atoms with Crippen LogP contribution in [0.4, 0.5) is 10.5 Å². The molecule has 0 radical (unpaired) electrons. The smallest absolute Gasteiger partial charge is 0.356 e. The maximum absolute atomic E-state index is 12.0. The summed E-state index contributed by atoms with van der Waals surface area (Å²) in [6.07, 6.45) is 3.06. The van der Waals surface area contributed by atoms with E-state index < -0.39 is 17.5 Å². The van der Waals surface area contributed by atoms with Gasteiger partial charge in [0.2, 0.25) is 0 Å². The Morgan fingerprint density at radius 2 is 2.30 bits per heavy atom. The number of carboxylic acids is 1. The van der Waals surface area contributed by atoms with Gasteiger partial charge in [-0.25, -0.2) is 14.6 Å². The molecule has 0 spiro atoms. The normalized spacial score (nSPS) is 22.1. The average Bonchev–Trinajstić information content (AvgIpc) is 2.39. The quantitative estimate of drug-likeness (QED) is 0.778. The van der Waals surface area contributed by atoms with Gasteiger partial charge in [0.15, 0.2) is 5.69 Å². The van der Waals surface area contributed by atoms with E-state index in [1.807, 2.05) is 6.92 Å². The molecule has 2 heterocycles. The van der Waals surface area contributed by atoms with Crippen LogP contribution in [0.15, 0.2) is 18.3 Å². The van der Waals surface area contributed by atoms with Crippen molar-refractivity contribution in [1.29, 1.82) is 0 Å². The number of urea groups is 1. The third kappa shape index (κ3) is 3.45. The molecule has 1 aliphatic heterocycles. The SMILES string of the molecule is CC1(NC(=O)Nc2cccnc2C(=O)O)CCCOC1. The van der Waals surface area contributed by atoms with Crippen LogP contribution in [0, 0.1) is 0 Å². The number of ether oxygens (including phenoxy) is 1. The van der Waals surface area contributed by atoms with Gasteiger partial charge in [-0.2, -0.15) is 0 Å². The number of carboxylic acid groups (broad SMARTS) is 1. The lowest BCUT2D eigenvalue weighted by atomic mass is 9.95. The van der Waals surface area contributed by atoms with E-state index in [0.717, 1.165) is 12.8 Å². The van der Waals surface area contributed by atoms with Crippen molar-refractivity contribution in [3.63, 3.8) is 0 Å². The molecule has 108 valence electrons. The zero-order chi connectivity index (χ0) is 14.6. The maximum atomic E-state index is 12.0. The minimum absolute atomic E-state index is 0.165. The molecule has 1 saturated heterocycles. The highest BCUT2D eigenvalue weighted by Gasteiger charge is 2.29. The summed E-state index contributed by atoms with van der Waals surface area (Å²) in [6.45, 7) is 3.04. The standard InChI is InChI=1S/C13H17N3O4/c1-13(5-3-7-20-8-13)16-12(19)15-9-4-2-6-14-10(9)11(17)18/h2,4,6H,3,5,7-8H2,1H3,(H,17,18)(H2,15,16,19). The lowest BCUT2D eigenvalue weighted by molar-refractivity contribution is 0.0342. The first-order valence-corrected chi connectivity index (χ1v) is 6.35. The van der Waals surface area contributed by atoms with E-state index in [4.69, 9.17) is 9.84 Å². The molecule has 0 bridgehead atoms. The molecular formula is C13H17N3O4. The van der Waals surface area contributed by atoms with Crippen LogP contribution in [0.5, 0.6) is 0 Å². The van der Waals surface area contributed by atoms with Crippen LogP contribution in [-0.2, 0) is 4.74 Å². The van der Waals surface area contributed by atoms with Crippen LogP contribution in [0.2, 0.25) is 0 Å². The monoisotopic (exact) mass is 279 g/mol. The van der Waals surface area contributed by atoms with Crippen LogP contribution >= 0.6 is 0 Å². The van der Waals surface area contributed by atoms with Crippen LogP contribution < -0.4 is 10.6 Å². The number of rotatable bonds is 3. The first kappa shape index (κ1) is 14.3. The summed E-state index contributed by atoms with van der Waals surface area (Å²) in [6, 6.07) is 2.59. The highest BCUT2D eigenvalue weighted by Crippen LogP contribution is 2.19. The Balaban J connectivity index is 2.03. The number of hydrogen-bond acceptors (Lipinski definition) is 4. The van der Waals surface area contributed by atoms with Gasteiger partial charge in [-0.3, -0.25) is 0 Å². The molecule has 1 unspecified atom stereocenters. The summed E-state index contributed by atoms with van der Waals surface area (Å²) in [5.41, 5.74) is -0.459. The Bertz CT molecular complexity index is 512. The molecule has 7 nitrogen and oxygen atoms in total. The van der Waals surface area contributed by atoms with Gasteiger partial charge in [0.1, 0.15) is 0 Å². The third-order valence-corrected chi connectivity index (χ3v) is 3.11. The number of aromatic nitrogens is 1. The molecular weight excluding hydrogens is 262 g/mol. The molecule has 1 atom stereocenters. The molecule has 1 aliphatic rings. The third-order valence-electron chi connectivity index (χ3n) is 3.11. The van der Waals surface area contributed by atoms with Gasteiger partial charge in [0, 0.05) is 12.8 Å². The lowest BCUT2D eigenvalue weighted by Crippen LogP contribution is -2.52. The maximum Gasteiger partial charge on any atom is 0.356 e. The summed E-state index contributed by atoms with van der Waals surface area (Å²) >= 11 is 0. The van der Waals surface area contributed by atoms with Gasteiger partial charge in [0.25, 0.3) is 0 Å². The Kier molecular flexibility index (Phi) is 4.19. The second-order valence-electron chi connectivity index (χ2n) is 5.00. The lowest BCUT2D eigenvalue weighted by Gasteiger charge is -2.34. The van der Waals surface area contributed by atoms with E-state index in [2.05, 4.69) is 15.6 Å². The van der Waals surface area contributed by atoms with E-state index in [-0.39, 0.29) is 11.4 Å². The van der Waals surface area contributed by atoms with E-state index in [0.29, 0.717) is 13.2 Å². The van der Waals surface area contributed by atoms with E-state index >= 15 is 0 Å². The summed E-state index contributed by atoms with van der Waals surface area (Å²) in [7, 11) is 0. The van der Waals surface area contributed by atoms with Crippen molar-refractivity contribution in [3.8, 4) is 0 Å². The van der Waals surface area contributed by atoms with Crippen LogP contribution in [0.1, 0.15) is 30.3 Å². The fourth-order valence-corrected chi connectivity index (χ4v) is 2.14. The van der Waals surface area contributed by atoms with Crippen molar-refractivity contribution in [2.45, 2.75) is 25.3 Å². The molecule has 1 aromatic heterocycles. The first-order chi connectivity index (χ1) is 9.50. The van der Waals surface area contributed by atoms with Crippen molar-refractivity contribution in [2.75, 3.05) is 18.5 Å². The Morgan fingerprint density at radius 3 is 2.95 bits per heavy atom. The number of nitrogens with one attached hydrogen (secondary N) is 2. The van der Waals surface area contributed by atoms with Crippen LogP contribution in [0.3, 0.4) is 0 Å². The molecule has 0 aliphatic carbocycles. The van der Waals surface area contributed by atoms with Gasteiger partial charge >= 0.3 is 12.0 Å². The largest absolute Gasteiger partial charge is 0.476 e. The van der Waals surface area contributed by atoms with Crippen molar-refractivity contribution >= 4 is 17.7 Å². The predicted molar refractivity (Wildman–Crippen MR) is 71.8 cm³/mol. The second-order valence-corrected chi connectivity index (χ2v) is 5.00. The Labute approximate surface area is 116 Å². The van der Waals surface area contributed by atoms with E-state index in [9.17, 15) is 9.59 Å². The highest BCUT2D eigenvalue weighted by atomic mass is 16.5. The van der Waals surface area contributed by atoms with Crippen molar-refractivity contribution in [2.24, 2.45) is 0 Å². The van der Waals surface area contributed by atoms with Gasteiger partial charge in [-0.05, 0) is 31.9 Å². The molecule has 1 fully saturated rings. The van der Waals surface area contributed by atoms with Crippen molar-refractivity contribution in [3.05, 3.63) is 24.0 Å². The number of nitrogens with zero attached hydrogens (tertiary/aromatic N) is 1. The molecule has 1 aromatic rings. The summed E-state index contributed by atoms with van der Waals surface area (Å²) in [5.74, 6) is -1.19. The average molecular weight is 279 g/mol. The fourth-order valence-electron chi connectivity index (χ4n) is 2.14. The predicted octanol–water partition coefficient (Wildman–Crippen LogP) is 1.47. The van der Waals surface area contributed by atoms with Gasteiger partial charge < -0.3 is 20.5 Å². The minimum Gasteiger partial charge on any atom is -0.476 e. The second kappa shape index (κ2) is 5.87. The van der Waals surface area contributed by atoms with Gasteiger partial charge in [0.05, 0.1) is 17.8 Å². The molecule has 20 heavy (non-hydrogen) atoms. The van der Waals surface area contributed by atoms with Crippen LogP contribution in [0.25, 0.3) is 0 Å². The summed E-state index contributed by atoms with van der Waals surface area (Å²) in [5, 5.41) is 14.3. The summed E-state index contributed by atoms with van der Waals surface area (Å²) in [4.78, 5) is 26.7. The molecule has 2 rings (SSSR count). The summed E-state index contributed by atoms with van der Waals surface area (Å²) < 4.78 is 5.35. The zero-order valence-corrected chi connectivity index (χ0v) is 11.2. The van der Waals surface area contributed by atoms with Gasteiger partial charge in [-0.1, -0.05) is 0 Å². The highest BCUT2D eigenvalue weighted by molar-refractivity contribution is 5.98. The first-order valence-electron chi connectivity index (χ1n) is 6.35. The van der Waals surface area contributed by atoms with E-state index in [1.165, 1.54) is 12.3 Å². The van der Waals surface area contributed by atoms with Crippen molar-refractivity contribution < 1.29 is 19.4 Å². The number of aromatic carboxylic acids is 1. The Hall–Kier alpha value is -2.15. The van der Waals surface area contributed by atoms with Crippen LogP contribution in [-0.4, -0.2) is 40.8 Å². The number of carbonyl (C=O) groups is 2. The number of carbonyl (C=O) groups excluding carboxylic acids is 1. The molecule has 0 aromatic carbocycles. The molecule has 3 N–H and O–H groups in total. The number of pyridine rings is 1. The molecule has 2 amide bonds. The Morgan fingerprint density at radius 1 is 1.50 bits per heavy atom. The van der Waals surface area contributed by atoms with Crippen molar-refractivity contribution in [1.82, 2.24) is 10.3 Å². The fraction of sp³-hybridized carbons (Fsp3) is 0.462. The van der Waals surface area contributed by atoms with E-state index in [1.54, 1.807) is 6.07 Å². The topological polar surface area (TPSA) is 101 Å². The van der Waals surface area contributed by atoms with Gasteiger partial charge in [-0.15, -0.1) is 0 Å². The number of anilines is 1. The minimum atomic E-state index is -1.19. The number of amides is 2.